The van der Waals surface area contributed by atoms with Crippen molar-refractivity contribution < 1.29 is 0 Å². The predicted octanol–water partition coefficient (Wildman–Crippen LogP) is 3.95. The fraction of sp³-hybridized carbons (Fsp3) is 0.333. The molecule has 4 nitrogen and oxygen atoms in total. The van der Waals surface area contributed by atoms with Crippen molar-refractivity contribution >= 4 is 23.4 Å². The number of anilines is 2. The maximum atomic E-state index is 5.86. The van der Waals surface area contributed by atoms with Crippen LogP contribution < -0.4 is 10.6 Å². The third-order valence-corrected chi connectivity index (χ3v) is 2.78. The van der Waals surface area contributed by atoms with Crippen molar-refractivity contribution in [3.05, 3.63) is 47.1 Å². The molecule has 0 saturated heterocycles. The van der Waals surface area contributed by atoms with Crippen LogP contribution in [-0.2, 0) is 6.54 Å². The highest BCUT2D eigenvalue weighted by atomic mass is 35.5. The lowest BCUT2D eigenvalue weighted by Crippen LogP contribution is -2.27. The molecule has 2 aromatic rings. The van der Waals surface area contributed by atoms with Crippen LogP contribution in [0.1, 0.15) is 26.3 Å². The van der Waals surface area contributed by atoms with Gasteiger partial charge in [-0.25, -0.2) is 4.98 Å². The third kappa shape index (κ3) is 4.70. The second kappa shape index (κ2) is 6.09. The van der Waals surface area contributed by atoms with E-state index in [2.05, 4.69) is 41.4 Å². The average Bonchev–Trinajstić information content (AvgIpc) is 2.36. The molecule has 0 atom stereocenters. The molecule has 0 bridgehead atoms. The van der Waals surface area contributed by atoms with Crippen molar-refractivity contribution in [2.75, 3.05) is 10.6 Å². The highest BCUT2D eigenvalue weighted by Gasteiger charge is 2.11. The molecule has 20 heavy (non-hydrogen) atoms. The van der Waals surface area contributed by atoms with Crippen LogP contribution in [0.5, 0.6) is 0 Å². The van der Waals surface area contributed by atoms with Crippen molar-refractivity contribution in [1.82, 2.24) is 9.97 Å². The first kappa shape index (κ1) is 14.6. The number of nitrogens with zero attached hydrogens (tertiary/aromatic N) is 2. The topological polar surface area (TPSA) is 49.8 Å². The summed E-state index contributed by atoms with van der Waals surface area (Å²) in [5, 5.41) is 7.26. The van der Waals surface area contributed by atoms with E-state index in [1.54, 1.807) is 6.20 Å². The normalized spacial score (nSPS) is 11.2. The standard InChI is InChI=1S/C15H19ClN4/c1-15(2,3)20-14-17-9-8-13(19-14)18-10-11-4-6-12(16)7-5-11/h4-9H,10H2,1-3H3,(H2,17,18,19,20). The number of hydrogen-bond donors (Lipinski definition) is 2. The van der Waals surface area contributed by atoms with Crippen LogP contribution in [0.15, 0.2) is 36.5 Å². The second-order valence-electron chi connectivity index (χ2n) is 5.62. The van der Waals surface area contributed by atoms with E-state index in [0.717, 1.165) is 16.4 Å². The summed E-state index contributed by atoms with van der Waals surface area (Å²) in [7, 11) is 0. The smallest absolute Gasteiger partial charge is 0.224 e. The molecule has 0 fully saturated rings. The number of aromatic nitrogens is 2. The van der Waals surface area contributed by atoms with Gasteiger partial charge in [0, 0.05) is 23.3 Å². The first-order valence-corrected chi connectivity index (χ1v) is 6.90. The van der Waals surface area contributed by atoms with Crippen LogP contribution in [0.25, 0.3) is 0 Å². The average molecular weight is 291 g/mol. The van der Waals surface area contributed by atoms with Crippen LogP contribution in [0.2, 0.25) is 5.02 Å². The zero-order chi connectivity index (χ0) is 14.6. The van der Waals surface area contributed by atoms with Crippen LogP contribution in [-0.4, -0.2) is 15.5 Å². The van der Waals surface area contributed by atoms with Gasteiger partial charge in [-0.3, -0.25) is 0 Å². The molecule has 0 aliphatic heterocycles. The molecule has 0 saturated carbocycles. The molecule has 0 aliphatic carbocycles. The van der Waals surface area contributed by atoms with Gasteiger partial charge in [0.1, 0.15) is 5.82 Å². The Morgan fingerprint density at radius 3 is 2.45 bits per heavy atom. The van der Waals surface area contributed by atoms with E-state index in [-0.39, 0.29) is 5.54 Å². The number of halogens is 1. The van der Waals surface area contributed by atoms with Crippen LogP contribution in [0, 0.1) is 0 Å². The van der Waals surface area contributed by atoms with Gasteiger partial charge in [-0.15, -0.1) is 0 Å². The number of benzene rings is 1. The van der Waals surface area contributed by atoms with Crippen molar-refractivity contribution in [3.63, 3.8) is 0 Å². The molecule has 0 amide bonds. The van der Waals surface area contributed by atoms with Crippen molar-refractivity contribution in [3.8, 4) is 0 Å². The van der Waals surface area contributed by atoms with E-state index in [1.165, 1.54) is 0 Å². The van der Waals surface area contributed by atoms with Gasteiger partial charge in [-0.2, -0.15) is 4.98 Å². The molecule has 0 radical (unpaired) electrons. The lowest BCUT2D eigenvalue weighted by molar-refractivity contribution is 0.626. The van der Waals surface area contributed by atoms with E-state index >= 15 is 0 Å². The summed E-state index contributed by atoms with van der Waals surface area (Å²) in [6, 6.07) is 9.59. The molecule has 0 spiro atoms. The number of hydrogen-bond acceptors (Lipinski definition) is 4. The Balaban J connectivity index is 1.99. The fourth-order valence-corrected chi connectivity index (χ4v) is 1.77. The molecule has 2 N–H and O–H groups in total. The summed E-state index contributed by atoms with van der Waals surface area (Å²) < 4.78 is 0. The van der Waals surface area contributed by atoms with Gasteiger partial charge in [0.25, 0.3) is 0 Å². The molecular formula is C15H19ClN4. The van der Waals surface area contributed by atoms with Crippen LogP contribution in [0.3, 0.4) is 0 Å². The minimum atomic E-state index is -0.0607. The largest absolute Gasteiger partial charge is 0.366 e. The second-order valence-corrected chi connectivity index (χ2v) is 6.06. The molecule has 106 valence electrons. The summed E-state index contributed by atoms with van der Waals surface area (Å²) in [6.45, 7) is 6.92. The minimum Gasteiger partial charge on any atom is -0.366 e. The Labute approximate surface area is 124 Å². The van der Waals surface area contributed by atoms with Crippen molar-refractivity contribution in [2.45, 2.75) is 32.9 Å². The maximum Gasteiger partial charge on any atom is 0.224 e. The Morgan fingerprint density at radius 2 is 1.80 bits per heavy atom. The van der Waals surface area contributed by atoms with Gasteiger partial charge in [0.05, 0.1) is 0 Å². The zero-order valence-corrected chi connectivity index (χ0v) is 12.7. The molecule has 5 heteroatoms. The highest BCUT2D eigenvalue weighted by Crippen LogP contribution is 2.14. The molecule has 1 aromatic heterocycles. The molecule has 1 aromatic carbocycles. The van der Waals surface area contributed by atoms with E-state index in [0.29, 0.717) is 12.5 Å². The summed E-state index contributed by atoms with van der Waals surface area (Å²) >= 11 is 5.86. The first-order chi connectivity index (χ1) is 9.42. The van der Waals surface area contributed by atoms with Gasteiger partial charge in [-0.05, 0) is 44.5 Å². The van der Waals surface area contributed by atoms with Gasteiger partial charge >= 0.3 is 0 Å². The number of nitrogens with one attached hydrogen (secondary N) is 2. The van der Waals surface area contributed by atoms with Crippen molar-refractivity contribution in [1.29, 1.82) is 0 Å². The molecule has 2 rings (SSSR count). The van der Waals surface area contributed by atoms with E-state index in [4.69, 9.17) is 11.6 Å². The van der Waals surface area contributed by atoms with Gasteiger partial charge in [0.15, 0.2) is 0 Å². The van der Waals surface area contributed by atoms with Gasteiger partial charge in [-0.1, -0.05) is 23.7 Å². The maximum absolute atomic E-state index is 5.86. The Kier molecular flexibility index (Phi) is 4.45. The van der Waals surface area contributed by atoms with Crippen LogP contribution in [0.4, 0.5) is 11.8 Å². The third-order valence-electron chi connectivity index (χ3n) is 2.53. The Hall–Kier alpha value is -1.81. The van der Waals surface area contributed by atoms with E-state index in [1.807, 2.05) is 30.3 Å². The predicted molar refractivity (Wildman–Crippen MR) is 84.2 cm³/mol. The first-order valence-electron chi connectivity index (χ1n) is 6.52. The lowest BCUT2D eigenvalue weighted by Gasteiger charge is -2.20. The van der Waals surface area contributed by atoms with Gasteiger partial charge < -0.3 is 10.6 Å². The molecular weight excluding hydrogens is 272 g/mol. The number of rotatable bonds is 4. The Morgan fingerprint density at radius 1 is 1.10 bits per heavy atom. The zero-order valence-electron chi connectivity index (χ0n) is 11.9. The summed E-state index contributed by atoms with van der Waals surface area (Å²) in [4.78, 5) is 8.64. The minimum absolute atomic E-state index is 0.0607. The fourth-order valence-electron chi connectivity index (χ4n) is 1.65. The SMILES string of the molecule is CC(C)(C)Nc1nccc(NCc2ccc(Cl)cc2)n1. The monoisotopic (exact) mass is 290 g/mol. The Bertz CT molecular complexity index is 561. The van der Waals surface area contributed by atoms with E-state index < -0.39 is 0 Å². The van der Waals surface area contributed by atoms with Crippen molar-refractivity contribution in [2.24, 2.45) is 0 Å². The molecule has 0 unspecified atom stereocenters. The summed E-state index contributed by atoms with van der Waals surface area (Å²) in [5.74, 6) is 1.42. The summed E-state index contributed by atoms with van der Waals surface area (Å²) in [6.07, 6.45) is 1.74. The van der Waals surface area contributed by atoms with Crippen LogP contribution >= 0.6 is 11.6 Å². The lowest BCUT2D eigenvalue weighted by atomic mass is 10.1. The van der Waals surface area contributed by atoms with E-state index in [9.17, 15) is 0 Å². The molecule has 0 aliphatic rings. The quantitative estimate of drug-likeness (QED) is 0.895. The summed E-state index contributed by atoms with van der Waals surface area (Å²) in [5.41, 5.74) is 1.09. The van der Waals surface area contributed by atoms with Gasteiger partial charge in [0.2, 0.25) is 5.95 Å². The highest BCUT2D eigenvalue weighted by molar-refractivity contribution is 6.30. The molecule has 1 heterocycles.